The SMILES string of the molecule is CC(=O)N1C(c2ccccc2P(c2ccccc2)c2ccccc2)=NC2CCCC[C@H]21. The molecule has 0 aromatic heterocycles. The molecule has 5 rings (SSSR count). The van der Waals surface area contributed by atoms with Crippen LogP contribution < -0.4 is 15.9 Å². The molecule has 1 fully saturated rings. The number of fused-ring (bicyclic) bond motifs is 1. The van der Waals surface area contributed by atoms with E-state index in [1.54, 1.807) is 6.92 Å². The average Bonchev–Trinajstić information content (AvgIpc) is 3.21. The fourth-order valence-electron chi connectivity index (χ4n) is 4.94. The van der Waals surface area contributed by atoms with Crippen molar-refractivity contribution in [2.24, 2.45) is 4.99 Å². The van der Waals surface area contributed by atoms with Crippen LogP contribution in [0, 0.1) is 0 Å². The summed E-state index contributed by atoms with van der Waals surface area (Å²) in [4.78, 5) is 19.9. The van der Waals surface area contributed by atoms with Gasteiger partial charge in [-0.25, -0.2) is 0 Å². The van der Waals surface area contributed by atoms with Crippen LogP contribution in [0.2, 0.25) is 0 Å². The van der Waals surface area contributed by atoms with Crippen LogP contribution >= 0.6 is 7.92 Å². The molecule has 3 nitrogen and oxygen atoms in total. The summed E-state index contributed by atoms with van der Waals surface area (Å²) in [5.74, 6) is 0.978. The quantitative estimate of drug-likeness (QED) is 0.571. The Morgan fingerprint density at radius 2 is 1.42 bits per heavy atom. The molecule has 3 aromatic carbocycles. The lowest BCUT2D eigenvalue weighted by Crippen LogP contribution is -2.45. The standard InChI is InChI=1S/C27H27N2OP/c1-20(30)29-25-18-10-9-17-24(25)28-27(29)23-16-8-11-19-26(23)31(21-12-4-2-5-13-21)22-14-6-3-7-15-22/h2-8,11-16,19,24-25H,9-10,17-18H2,1H3/t24?,25-/m1/s1. The maximum atomic E-state index is 12.8. The zero-order valence-electron chi connectivity index (χ0n) is 17.8. The molecule has 1 aliphatic carbocycles. The first kappa shape index (κ1) is 20.2. The van der Waals surface area contributed by atoms with Crippen LogP contribution in [-0.2, 0) is 4.79 Å². The highest BCUT2D eigenvalue weighted by Crippen LogP contribution is 2.37. The van der Waals surface area contributed by atoms with Crippen molar-refractivity contribution in [2.45, 2.75) is 44.7 Å². The molecule has 1 aliphatic heterocycles. The van der Waals surface area contributed by atoms with E-state index in [2.05, 4.69) is 84.9 Å². The number of nitrogens with zero attached hydrogens (tertiary/aromatic N) is 2. The van der Waals surface area contributed by atoms with E-state index in [-0.39, 0.29) is 18.0 Å². The Morgan fingerprint density at radius 3 is 2.06 bits per heavy atom. The van der Waals surface area contributed by atoms with Gasteiger partial charge in [0.15, 0.2) is 0 Å². The molecule has 1 unspecified atom stereocenters. The van der Waals surface area contributed by atoms with E-state index in [1.165, 1.54) is 28.8 Å². The minimum atomic E-state index is -0.761. The molecule has 0 N–H and O–H groups in total. The van der Waals surface area contributed by atoms with Crippen molar-refractivity contribution >= 4 is 35.6 Å². The summed E-state index contributed by atoms with van der Waals surface area (Å²) in [6.45, 7) is 1.69. The monoisotopic (exact) mass is 426 g/mol. The van der Waals surface area contributed by atoms with Gasteiger partial charge in [0.2, 0.25) is 5.91 Å². The predicted octanol–water partition coefficient (Wildman–Crippen LogP) is 4.36. The number of benzene rings is 3. The van der Waals surface area contributed by atoms with Crippen molar-refractivity contribution < 1.29 is 4.79 Å². The fraction of sp³-hybridized carbons (Fsp3) is 0.259. The smallest absolute Gasteiger partial charge is 0.225 e. The molecular weight excluding hydrogens is 399 g/mol. The molecule has 2 aliphatic rings. The Morgan fingerprint density at radius 1 is 0.839 bits per heavy atom. The Balaban J connectivity index is 1.67. The maximum Gasteiger partial charge on any atom is 0.225 e. The van der Waals surface area contributed by atoms with Gasteiger partial charge in [-0.2, -0.15) is 0 Å². The second-order valence-electron chi connectivity index (χ2n) is 8.28. The van der Waals surface area contributed by atoms with Crippen LogP contribution in [0.25, 0.3) is 0 Å². The second-order valence-corrected chi connectivity index (χ2v) is 10.5. The third kappa shape index (κ3) is 3.83. The summed E-state index contributed by atoms with van der Waals surface area (Å²) >= 11 is 0. The topological polar surface area (TPSA) is 32.7 Å². The van der Waals surface area contributed by atoms with E-state index in [9.17, 15) is 4.79 Å². The third-order valence-corrected chi connectivity index (χ3v) is 8.80. The summed E-state index contributed by atoms with van der Waals surface area (Å²) in [6, 6.07) is 30.5. The van der Waals surface area contributed by atoms with Crippen molar-refractivity contribution in [3.8, 4) is 0 Å². The number of carbonyl (C=O) groups is 1. The van der Waals surface area contributed by atoms with E-state index in [0.717, 1.165) is 24.2 Å². The zero-order chi connectivity index (χ0) is 21.2. The average molecular weight is 427 g/mol. The van der Waals surface area contributed by atoms with Crippen molar-refractivity contribution in [3.05, 3.63) is 90.5 Å². The number of amides is 1. The lowest BCUT2D eigenvalue weighted by atomic mass is 9.91. The van der Waals surface area contributed by atoms with Crippen LogP contribution in [0.4, 0.5) is 0 Å². The van der Waals surface area contributed by atoms with E-state index < -0.39 is 7.92 Å². The van der Waals surface area contributed by atoms with Gasteiger partial charge in [-0.3, -0.25) is 14.7 Å². The van der Waals surface area contributed by atoms with Gasteiger partial charge in [0.25, 0.3) is 0 Å². The van der Waals surface area contributed by atoms with E-state index in [1.807, 2.05) is 4.90 Å². The first-order chi connectivity index (χ1) is 15.2. The Kier molecular flexibility index (Phi) is 5.70. The number of carbonyl (C=O) groups excluding carboxylic acids is 1. The first-order valence-corrected chi connectivity index (χ1v) is 12.5. The van der Waals surface area contributed by atoms with Gasteiger partial charge in [0.05, 0.1) is 12.1 Å². The van der Waals surface area contributed by atoms with Gasteiger partial charge in [0, 0.05) is 12.5 Å². The molecule has 1 saturated carbocycles. The molecule has 0 spiro atoms. The molecule has 3 aromatic rings. The van der Waals surface area contributed by atoms with Crippen molar-refractivity contribution in [1.29, 1.82) is 0 Å². The van der Waals surface area contributed by atoms with Crippen LogP contribution in [0.5, 0.6) is 0 Å². The number of aliphatic imine (C=N–C) groups is 1. The van der Waals surface area contributed by atoms with E-state index in [0.29, 0.717) is 0 Å². The van der Waals surface area contributed by atoms with Crippen LogP contribution in [-0.4, -0.2) is 28.7 Å². The Labute approximate surface area is 185 Å². The van der Waals surface area contributed by atoms with Gasteiger partial charge in [0.1, 0.15) is 5.84 Å². The highest BCUT2D eigenvalue weighted by molar-refractivity contribution is 7.80. The molecule has 4 heteroatoms. The van der Waals surface area contributed by atoms with Crippen LogP contribution in [0.15, 0.2) is 89.9 Å². The number of rotatable bonds is 4. The van der Waals surface area contributed by atoms with E-state index in [4.69, 9.17) is 4.99 Å². The first-order valence-electron chi connectivity index (χ1n) is 11.1. The third-order valence-electron chi connectivity index (χ3n) is 6.30. The predicted molar refractivity (Wildman–Crippen MR) is 130 cm³/mol. The molecule has 1 amide bonds. The number of hydrogen-bond acceptors (Lipinski definition) is 2. The molecule has 31 heavy (non-hydrogen) atoms. The van der Waals surface area contributed by atoms with Gasteiger partial charge in [-0.1, -0.05) is 97.8 Å². The fourth-order valence-corrected chi connectivity index (χ4v) is 7.39. The molecule has 0 radical (unpaired) electrons. The van der Waals surface area contributed by atoms with Gasteiger partial charge >= 0.3 is 0 Å². The molecule has 1 heterocycles. The Hall–Kier alpha value is -2.77. The summed E-state index contributed by atoms with van der Waals surface area (Å²) in [7, 11) is -0.761. The highest BCUT2D eigenvalue weighted by Gasteiger charge is 2.41. The molecule has 156 valence electrons. The summed E-state index contributed by atoms with van der Waals surface area (Å²) in [5, 5.41) is 3.88. The molecule has 2 atom stereocenters. The van der Waals surface area contributed by atoms with Crippen molar-refractivity contribution in [1.82, 2.24) is 4.90 Å². The summed E-state index contributed by atoms with van der Waals surface area (Å²) < 4.78 is 0. The van der Waals surface area contributed by atoms with Crippen molar-refractivity contribution in [3.63, 3.8) is 0 Å². The number of amidine groups is 1. The zero-order valence-corrected chi connectivity index (χ0v) is 18.7. The molecular formula is C27H27N2OP. The van der Waals surface area contributed by atoms with Crippen LogP contribution in [0.1, 0.15) is 38.2 Å². The minimum absolute atomic E-state index is 0.103. The second kappa shape index (κ2) is 8.77. The van der Waals surface area contributed by atoms with Gasteiger partial charge < -0.3 is 0 Å². The van der Waals surface area contributed by atoms with E-state index >= 15 is 0 Å². The highest BCUT2D eigenvalue weighted by atomic mass is 31.1. The minimum Gasteiger partial charge on any atom is -0.292 e. The Bertz CT molecular complexity index is 1060. The normalized spacial score (nSPS) is 20.5. The van der Waals surface area contributed by atoms with Crippen molar-refractivity contribution in [2.75, 3.05) is 0 Å². The van der Waals surface area contributed by atoms with Gasteiger partial charge in [-0.15, -0.1) is 0 Å². The summed E-state index contributed by atoms with van der Waals surface area (Å²) in [6.07, 6.45) is 4.50. The van der Waals surface area contributed by atoms with Gasteiger partial charge in [-0.05, 0) is 36.7 Å². The molecule has 0 bridgehead atoms. The van der Waals surface area contributed by atoms with Crippen LogP contribution in [0.3, 0.4) is 0 Å². The lowest BCUT2D eigenvalue weighted by molar-refractivity contribution is -0.126. The molecule has 0 saturated heterocycles. The summed E-state index contributed by atoms with van der Waals surface area (Å²) in [5.41, 5.74) is 1.10. The maximum absolute atomic E-state index is 12.8. The largest absolute Gasteiger partial charge is 0.292 e. The lowest BCUT2D eigenvalue weighted by Gasteiger charge is -2.31. The number of hydrogen-bond donors (Lipinski definition) is 0.